The van der Waals surface area contributed by atoms with Gasteiger partial charge in [0.05, 0.1) is 11.0 Å². The Bertz CT molecular complexity index is 1530. The van der Waals surface area contributed by atoms with Crippen molar-refractivity contribution < 1.29 is 0 Å². The highest BCUT2D eigenvalue weighted by molar-refractivity contribution is 6.10. The minimum atomic E-state index is 1.03. The molecule has 0 unspecified atom stereocenters. The lowest BCUT2D eigenvalue weighted by Crippen LogP contribution is -1.90. The maximum absolute atomic E-state index is 4.95. The van der Waals surface area contributed by atoms with Gasteiger partial charge < -0.3 is 0 Å². The number of nitrogens with zero attached hydrogens (tertiary/aromatic N) is 1. The molecule has 1 heterocycles. The van der Waals surface area contributed by atoms with E-state index in [0.29, 0.717) is 0 Å². The molecular formula is C29H19N. The van der Waals surface area contributed by atoms with Crippen molar-refractivity contribution in [2.24, 2.45) is 0 Å². The molecular weight excluding hydrogens is 362 g/mol. The summed E-state index contributed by atoms with van der Waals surface area (Å²) < 4.78 is 0. The zero-order valence-corrected chi connectivity index (χ0v) is 16.4. The van der Waals surface area contributed by atoms with Gasteiger partial charge in [-0.05, 0) is 51.7 Å². The number of aromatic nitrogens is 1. The molecule has 5 aromatic carbocycles. The van der Waals surface area contributed by atoms with E-state index in [2.05, 4.69) is 115 Å². The van der Waals surface area contributed by atoms with Crippen LogP contribution in [-0.2, 0) is 0 Å². The fourth-order valence-corrected chi connectivity index (χ4v) is 4.36. The van der Waals surface area contributed by atoms with Gasteiger partial charge in [-0.3, -0.25) is 0 Å². The van der Waals surface area contributed by atoms with Crippen molar-refractivity contribution in [1.29, 1.82) is 0 Å². The number of hydrogen-bond donors (Lipinski definition) is 0. The molecule has 1 aromatic heterocycles. The second-order valence-corrected chi connectivity index (χ2v) is 7.66. The number of fused-ring (bicyclic) bond motifs is 3. The molecule has 30 heavy (non-hydrogen) atoms. The van der Waals surface area contributed by atoms with Gasteiger partial charge in [-0.25, -0.2) is 4.98 Å². The molecule has 0 amide bonds. The second kappa shape index (κ2) is 6.82. The Hall–Kier alpha value is -3.97. The first kappa shape index (κ1) is 16.9. The first-order valence-corrected chi connectivity index (χ1v) is 10.2. The molecule has 6 aromatic rings. The maximum atomic E-state index is 4.95. The van der Waals surface area contributed by atoms with E-state index in [0.717, 1.165) is 11.0 Å². The summed E-state index contributed by atoms with van der Waals surface area (Å²) in [6.07, 6.45) is 0. The van der Waals surface area contributed by atoms with Gasteiger partial charge in [0.25, 0.3) is 0 Å². The summed E-state index contributed by atoms with van der Waals surface area (Å²) in [6.45, 7) is 0. The van der Waals surface area contributed by atoms with E-state index in [4.69, 9.17) is 4.98 Å². The molecule has 0 bridgehead atoms. The minimum absolute atomic E-state index is 1.03. The van der Waals surface area contributed by atoms with Crippen LogP contribution < -0.4 is 0 Å². The average molecular weight is 381 g/mol. The number of para-hydroxylation sites is 1. The molecule has 140 valence electrons. The van der Waals surface area contributed by atoms with Crippen molar-refractivity contribution in [2.45, 2.75) is 0 Å². The molecule has 0 spiro atoms. The van der Waals surface area contributed by atoms with Crippen LogP contribution in [0.3, 0.4) is 0 Å². The number of rotatable bonds is 2. The van der Waals surface area contributed by atoms with Crippen LogP contribution in [0.5, 0.6) is 0 Å². The average Bonchev–Trinajstić information content (AvgIpc) is 2.82. The van der Waals surface area contributed by atoms with E-state index in [1.54, 1.807) is 0 Å². The van der Waals surface area contributed by atoms with Crippen LogP contribution in [0.4, 0.5) is 0 Å². The van der Waals surface area contributed by atoms with E-state index < -0.39 is 0 Å². The molecule has 1 nitrogen and oxygen atoms in total. The lowest BCUT2D eigenvalue weighted by atomic mass is 9.93. The van der Waals surface area contributed by atoms with Crippen molar-refractivity contribution in [1.82, 2.24) is 4.98 Å². The van der Waals surface area contributed by atoms with Gasteiger partial charge in [-0.15, -0.1) is 0 Å². The highest BCUT2D eigenvalue weighted by Gasteiger charge is 2.12. The van der Waals surface area contributed by atoms with Crippen molar-refractivity contribution in [3.8, 4) is 22.3 Å². The summed E-state index contributed by atoms with van der Waals surface area (Å²) in [6, 6.07) is 40.9. The third kappa shape index (κ3) is 2.75. The zero-order chi connectivity index (χ0) is 19.9. The SMILES string of the molecule is c1ccc(-c2c3ccccc3nc3ccc(-c4ccc5ccccc5c4)cc23)cc1. The normalized spacial score (nSPS) is 11.3. The number of pyridine rings is 1. The summed E-state index contributed by atoms with van der Waals surface area (Å²) in [5.74, 6) is 0. The molecule has 0 saturated carbocycles. The quantitative estimate of drug-likeness (QED) is 0.278. The smallest absolute Gasteiger partial charge is 0.0716 e. The molecule has 0 aliphatic rings. The lowest BCUT2D eigenvalue weighted by Gasteiger charge is -2.13. The van der Waals surface area contributed by atoms with Gasteiger partial charge in [-0.2, -0.15) is 0 Å². The molecule has 0 atom stereocenters. The Morgan fingerprint density at radius 2 is 1.07 bits per heavy atom. The van der Waals surface area contributed by atoms with Crippen LogP contribution in [0, 0.1) is 0 Å². The largest absolute Gasteiger partial charge is 0.248 e. The summed E-state index contributed by atoms with van der Waals surface area (Å²) in [5.41, 5.74) is 6.96. The van der Waals surface area contributed by atoms with Crippen LogP contribution in [-0.4, -0.2) is 4.98 Å². The molecule has 1 heteroatoms. The van der Waals surface area contributed by atoms with E-state index in [9.17, 15) is 0 Å². The fraction of sp³-hybridized carbons (Fsp3) is 0. The van der Waals surface area contributed by atoms with Crippen LogP contribution >= 0.6 is 0 Å². The van der Waals surface area contributed by atoms with E-state index in [1.807, 2.05) is 0 Å². The predicted octanol–water partition coefficient (Wildman–Crippen LogP) is 7.88. The molecule has 0 aliphatic heterocycles. The highest BCUT2D eigenvalue weighted by Crippen LogP contribution is 2.37. The van der Waals surface area contributed by atoms with Crippen LogP contribution in [0.25, 0.3) is 54.8 Å². The first-order chi connectivity index (χ1) is 14.9. The van der Waals surface area contributed by atoms with Gasteiger partial charge in [0.15, 0.2) is 0 Å². The Balaban J connectivity index is 1.66. The topological polar surface area (TPSA) is 12.9 Å². The van der Waals surface area contributed by atoms with Crippen LogP contribution in [0.2, 0.25) is 0 Å². The summed E-state index contributed by atoms with van der Waals surface area (Å²) in [4.78, 5) is 4.95. The van der Waals surface area contributed by atoms with Crippen molar-refractivity contribution in [3.05, 3.63) is 115 Å². The first-order valence-electron chi connectivity index (χ1n) is 10.2. The molecule has 0 aliphatic carbocycles. The zero-order valence-electron chi connectivity index (χ0n) is 16.4. The lowest BCUT2D eigenvalue weighted by molar-refractivity contribution is 1.49. The highest BCUT2D eigenvalue weighted by atomic mass is 14.7. The Morgan fingerprint density at radius 3 is 1.97 bits per heavy atom. The van der Waals surface area contributed by atoms with Crippen LogP contribution in [0.1, 0.15) is 0 Å². The van der Waals surface area contributed by atoms with Gasteiger partial charge in [-0.1, -0.05) is 91.0 Å². The number of hydrogen-bond acceptors (Lipinski definition) is 1. The Labute approximate surface area is 175 Å². The Kier molecular flexibility index (Phi) is 3.85. The molecule has 6 rings (SSSR count). The van der Waals surface area contributed by atoms with E-state index >= 15 is 0 Å². The second-order valence-electron chi connectivity index (χ2n) is 7.66. The number of benzene rings is 5. The molecule has 0 saturated heterocycles. The van der Waals surface area contributed by atoms with Gasteiger partial charge in [0, 0.05) is 16.3 Å². The molecule has 0 N–H and O–H groups in total. The standard InChI is InChI=1S/C29H19N/c1-2-9-21(10-3-1)29-25-12-6-7-13-27(25)30-28-17-16-24(19-26(28)29)23-15-14-20-8-4-5-11-22(20)18-23/h1-19H. The summed E-state index contributed by atoms with van der Waals surface area (Å²) in [7, 11) is 0. The van der Waals surface area contributed by atoms with Crippen molar-refractivity contribution >= 4 is 32.6 Å². The Morgan fingerprint density at radius 1 is 0.400 bits per heavy atom. The van der Waals surface area contributed by atoms with Gasteiger partial charge in [0.1, 0.15) is 0 Å². The summed E-state index contributed by atoms with van der Waals surface area (Å²) >= 11 is 0. The molecule has 0 fully saturated rings. The van der Waals surface area contributed by atoms with E-state index in [-0.39, 0.29) is 0 Å². The van der Waals surface area contributed by atoms with Gasteiger partial charge in [0.2, 0.25) is 0 Å². The van der Waals surface area contributed by atoms with Crippen molar-refractivity contribution in [2.75, 3.05) is 0 Å². The third-order valence-electron chi connectivity index (χ3n) is 5.83. The van der Waals surface area contributed by atoms with E-state index in [1.165, 1.54) is 43.8 Å². The maximum Gasteiger partial charge on any atom is 0.0716 e. The third-order valence-corrected chi connectivity index (χ3v) is 5.83. The van der Waals surface area contributed by atoms with Crippen molar-refractivity contribution in [3.63, 3.8) is 0 Å². The van der Waals surface area contributed by atoms with Crippen LogP contribution in [0.15, 0.2) is 115 Å². The minimum Gasteiger partial charge on any atom is -0.248 e. The predicted molar refractivity (Wildman–Crippen MR) is 128 cm³/mol. The summed E-state index contributed by atoms with van der Waals surface area (Å²) in [5, 5.41) is 4.90. The van der Waals surface area contributed by atoms with Gasteiger partial charge >= 0.3 is 0 Å². The molecule has 0 radical (unpaired) electrons. The monoisotopic (exact) mass is 381 g/mol. The fourth-order valence-electron chi connectivity index (χ4n) is 4.36.